The van der Waals surface area contributed by atoms with Crippen molar-refractivity contribution in [3.8, 4) is 0 Å². The van der Waals surface area contributed by atoms with Crippen LogP contribution in [0.5, 0.6) is 0 Å². The number of piperidine rings is 1. The van der Waals surface area contributed by atoms with E-state index in [1.54, 1.807) is 12.1 Å². The number of amides is 1. The molecule has 1 aromatic carbocycles. The third-order valence-electron chi connectivity index (χ3n) is 3.66. The number of halogens is 3. The van der Waals surface area contributed by atoms with Crippen LogP contribution in [-0.2, 0) is 4.79 Å². The predicted octanol–water partition coefficient (Wildman–Crippen LogP) is 3.96. The van der Waals surface area contributed by atoms with Crippen molar-refractivity contribution >= 4 is 57.8 Å². The molecule has 4 nitrogen and oxygen atoms in total. The predicted molar refractivity (Wildman–Crippen MR) is 90.4 cm³/mol. The van der Waals surface area contributed by atoms with Gasteiger partial charge >= 0.3 is 0 Å². The summed E-state index contributed by atoms with van der Waals surface area (Å²) >= 11 is 16.6. The maximum Gasteiger partial charge on any atom is 0.276 e. The average molecular weight is 351 g/mol. The molecule has 1 heterocycles. The highest BCUT2D eigenvalue weighted by atomic mass is 35.6. The summed E-state index contributed by atoms with van der Waals surface area (Å²) in [7, 11) is 0. The monoisotopic (exact) mass is 349 g/mol. The molecule has 0 spiro atoms. The number of hydrogen-bond donors (Lipinski definition) is 2. The molecule has 1 aliphatic rings. The second-order valence-electron chi connectivity index (χ2n) is 5.26. The third kappa shape index (κ3) is 4.09. The molecule has 1 aliphatic heterocycles. The van der Waals surface area contributed by atoms with E-state index in [4.69, 9.17) is 40.5 Å². The zero-order valence-corrected chi connectivity index (χ0v) is 14.0. The number of nitrogen functional groups attached to an aromatic ring is 1. The van der Waals surface area contributed by atoms with Gasteiger partial charge in [0.1, 0.15) is 0 Å². The Morgan fingerprint density at radius 1 is 1.38 bits per heavy atom. The smallest absolute Gasteiger partial charge is 0.276 e. The molecule has 1 amide bonds. The van der Waals surface area contributed by atoms with Crippen molar-refractivity contribution in [2.45, 2.75) is 36.0 Å². The van der Waals surface area contributed by atoms with Gasteiger partial charge in [0, 0.05) is 18.3 Å². The Kier molecular flexibility index (Phi) is 5.12. The molecule has 1 atom stereocenters. The molecule has 7 heteroatoms. The fraction of sp³-hybridized carbons (Fsp3) is 0.500. The fourth-order valence-corrected chi connectivity index (χ4v) is 2.69. The van der Waals surface area contributed by atoms with E-state index in [0.717, 1.165) is 25.1 Å². The molecule has 1 saturated heterocycles. The second-order valence-corrected chi connectivity index (χ2v) is 7.54. The highest BCUT2D eigenvalue weighted by molar-refractivity contribution is 6.76. The number of anilines is 3. The number of nitrogens with two attached hydrogens (primary N) is 1. The van der Waals surface area contributed by atoms with Gasteiger partial charge in [0.15, 0.2) is 0 Å². The Labute approximate surface area is 139 Å². The SMILES string of the molecule is CC1CCCCN1c1ccc(NC(=O)C(Cl)(Cl)Cl)cc1N. The van der Waals surface area contributed by atoms with Gasteiger partial charge in [-0.1, -0.05) is 34.8 Å². The van der Waals surface area contributed by atoms with Crippen LogP contribution < -0.4 is 16.0 Å². The zero-order chi connectivity index (χ0) is 15.6. The number of benzene rings is 1. The summed E-state index contributed by atoms with van der Waals surface area (Å²) in [6.45, 7) is 3.18. The van der Waals surface area contributed by atoms with Crippen LogP contribution in [0.3, 0.4) is 0 Å². The summed E-state index contributed by atoms with van der Waals surface area (Å²) in [6.07, 6.45) is 3.57. The lowest BCUT2D eigenvalue weighted by Crippen LogP contribution is -2.37. The number of alkyl halides is 3. The number of carbonyl (C=O) groups excluding carboxylic acids is 1. The molecule has 0 bridgehead atoms. The minimum atomic E-state index is -1.99. The standard InChI is InChI=1S/C14H18Cl3N3O/c1-9-4-2-3-7-20(9)12-6-5-10(8-11(12)18)19-13(21)14(15,16)17/h5-6,8-9H,2-4,7,18H2,1H3,(H,19,21). The maximum atomic E-state index is 11.6. The maximum absolute atomic E-state index is 11.6. The number of nitrogens with one attached hydrogen (secondary N) is 1. The Hall–Kier alpha value is -0.840. The first-order chi connectivity index (χ1) is 9.79. The minimum Gasteiger partial charge on any atom is -0.397 e. The van der Waals surface area contributed by atoms with Crippen molar-refractivity contribution in [2.24, 2.45) is 0 Å². The summed E-state index contributed by atoms with van der Waals surface area (Å²) in [4.78, 5) is 13.9. The van der Waals surface area contributed by atoms with Crippen LogP contribution >= 0.6 is 34.8 Å². The van der Waals surface area contributed by atoms with Gasteiger partial charge in [0.05, 0.1) is 11.4 Å². The van der Waals surface area contributed by atoms with Gasteiger partial charge < -0.3 is 16.0 Å². The average Bonchev–Trinajstić information content (AvgIpc) is 2.39. The van der Waals surface area contributed by atoms with E-state index in [-0.39, 0.29) is 0 Å². The van der Waals surface area contributed by atoms with Crippen molar-refractivity contribution in [1.29, 1.82) is 0 Å². The molecule has 0 saturated carbocycles. The number of hydrogen-bond acceptors (Lipinski definition) is 3. The molecule has 21 heavy (non-hydrogen) atoms. The molecule has 1 aromatic rings. The zero-order valence-electron chi connectivity index (χ0n) is 11.7. The quantitative estimate of drug-likeness (QED) is 0.627. The third-order valence-corrected chi connectivity index (χ3v) is 4.17. The molecule has 2 rings (SSSR count). The largest absolute Gasteiger partial charge is 0.397 e. The molecular weight excluding hydrogens is 333 g/mol. The van der Waals surface area contributed by atoms with Gasteiger partial charge in [-0.25, -0.2) is 0 Å². The van der Waals surface area contributed by atoms with E-state index in [0.29, 0.717) is 17.4 Å². The molecule has 1 fully saturated rings. The topological polar surface area (TPSA) is 58.4 Å². The summed E-state index contributed by atoms with van der Waals surface area (Å²) in [5, 5.41) is 2.53. The molecule has 1 unspecified atom stereocenters. The van der Waals surface area contributed by atoms with Gasteiger partial charge in [-0.15, -0.1) is 0 Å². The van der Waals surface area contributed by atoms with E-state index < -0.39 is 9.70 Å². The van der Waals surface area contributed by atoms with Crippen LogP contribution in [0, 0.1) is 0 Å². The lowest BCUT2D eigenvalue weighted by molar-refractivity contribution is -0.115. The van der Waals surface area contributed by atoms with E-state index in [1.807, 2.05) is 6.07 Å². The summed E-state index contributed by atoms with van der Waals surface area (Å²) in [5.41, 5.74) is 8.20. The van der Waals surface area contributed by atoms with Crippen molar-refractivity contribution in [2.75, 3.05) is 22.5 Å². The fourth-order valence-electron chi connectivity index (χ4n) is 2.55. The lowest BCUT2D eigenvalue weighted by Gasteiger charge is -2.36. The van der Waals surface area contributed by atoms with Crippen LogP contribution in [-0.4, -0.2) is 22.3 Å². The Morgan fingerprint density at radius 3 is 2.67 bits per heavy atom. The molecule has 0 radical (unpaired) electrons. The van der Waals surface area contributed by atoms with Gasteiger partial charge in [0.25, 0.3) is 9.70 Å². The van der Waals surface area contributed by atoms with Crippen LogP contribution in [0.15, 0.2) is 18.2 Å². The van der Waals surface area contributed by atoms with E-state index in [1.165, 1.54) is 6.42 Å². The van der Waals surface area contributed by atoms with Crippen LogP contribution in [0.2, 0.25) is 0 Å². The van der Waals surface area contributed by atoms with E-state index in [9.17, 15) is 4.79 Å². The molecule has 116 valence electrons. The van der Waals surface area contributed by atoms with Crippen molar-refractivity contribution in [1.82, 2.24) is 0 Å². The first kappa shape index (κ1) is 16.5. The highest BCUT2D eigenvalue weighted by Gasteiger charge is 2.30. The normalized spacial score (nSPS) is 19.4. The summed E-state index contributed by atoms with van der Waals surface area (Å²) in [6, 6.07) is 5.81. The van der Waals surface area contributed by atoms with Crippen molar-refractivity contribution < 1.29 is 4.79 Å². The van der Waals surface area contributed by atoms with E-state index in [2.05, 4.69) is 17.1 Å². The van der Waals surface area contributed by atoms with E-state index >= 15 is 0 Å². The van der Waals surface area contributed by atoms with Crippen LogP contribution in [0.25, 0.3) is 0 Å². The first-order valence-electron chi connectivity index (χ1n) is 6.83. The highest BCUT2D eigenvalue weighted by Crippen LogP contribution is 2.33. The number of nitrogens with zero attached hydrogens (tertiary/aromatic N) is 1. The summed E-state index contributed by atoms with van der Waals surface area (Å²) in [5.74, 6) is -0.703. The minimum absolute atomic E-state index is 0.461. The molecule has 0 aromatic heterocycles. The van der Waals surface area contributed by atoms with Crippen LogP contribution in [0.4, 0.5) is 17.1 Å². The summed E-state index contributed by atoms with van der Waals surface area (Å²) < 4.78 is -1.99. The molecule has 0 aliphatic carbocycles. The van der Waals surface area contributed by atoms with Crippen molar-refractivity contribution in [3.05, 3.63) is 18.2 Å². The van der Waals surface area contributed by atoms with Crippen LogP contribution in [0.1, 0.15) is 26.2 Å². The van der Waals surface area contributed by atoms with Gasteiger partial charge in [-0.05, 0) is 44.4 Å². The second kappa shape index (κ2) is 6.51. The van der Waals surface area contributed by atoms with Gasteiger partial charge in [0.2, 0.25) is 0 Å². The molecule has 3 N–H and O–H groups in total. The molecular formula is C14H18Cl3N3O. The lowest BCUT2D eigenvalue weighted by atomic mass is 10.0. The Morgan fingerprint density at radius 2 is 2.10 bits per heavy atom. The Bertz CT molecular complexity index is 531. The first-order valence-corrected chi connectivity index (χ1v) is 7.97. The van der Waals surface area contributed by atoms with Crippen molar-refractivity contribution in [3.63, 3.8) is 0 Å². The van der Waals surface area contributed by atoms with Gasteiger partial charge in [-0.2, -0.15) is 0 Å². The Balaban J connectivity index is 2.16. The number of rotatable bonds is 2. The number of carbonyl (C=O) groups is 1. The van der Waals surface area contributed by atoms with Gasteiger partial charge in [-0.3, -0.25) is 4.79 Å².